The van der Waals surface area contributed by atoms with Crippen LogP contribution in [0, 0.1) is 0 Å². The van der Waals surface area contributed by atoms with E-state index in [9.17, 15) is 0 Å². The summed E-state index contributed by atoms with van der Waals surface area (Å²) in [6.07, 6.45) is 8.62. The van der Waals surface area contributed by atoms with Gasteiger partial charge in [0.25, 0.3) is 0 Å². The summed E-state index contributed by atoms with van der Waals surface area (Å²) in [5, 5.41) is 0. The molecule has 1 heteroatoms. The molecule has 1 fully saturated rings. The van der Waals surface area contributed by atoms with E-state index in [4.69, 9.17) is 4.74 Å². The first kappa shape index (κ1) is 6.81. The third-order valence-corrected chi connectivity index (χ3v) is 1.46. The highest BCUT2D eigenvalue weighted by Crippen LogP contribution is 2.15. The first-order chi connectivity index (χ1) is 4.43. The predicted octanol–water partition coefficient (Wildman–Crippen LogP) is 2.13. The van der Waals surface area contributed by atoms with Crippen LogP contribution in [0.25, 0.3) is 0 Å². The van der Waals surface area contributed by atoms with Gasteiger partial charge in [-0.25, -0.2) is 0 Å². The van der Waals surface area contributed by atoms with Gasteiger partial charge in [-0.3, -0.25) is 0 Å². The lowest BCUT2D eigenvalue weighted by Crippen LogP contribution is -1.80. The normalized spacial score (nSPS) is 25.2. The molecule has 0 aromatic carbocycles. The molecule has 1 aliphatic rings. The summed E-state index contributed by atoms with van der Waals surface area (Å²) in [5.74, 6) is 0. The van der Waals surface area contributed by atoms with Crippen molar-refractivity contribution in [2.75, 3.05) is 6.61 Å². The highest BCUT2D eigenvalue weighted by molar-refractivity contribution is 4.82. The molecule has 1 saturated heterocycles. The Balaban J connectivity index is 1.85. The molecule has 52 valence electrons. The van der Waals surface area contributed by atoms with Gasteiger partial charge in [-0.1, -0.05) is 19.1 Å². The summed E-state index contributed by atoms with van der Waals surface area (Å²) in [5.41, 5.74) is 0. The molecule has 1 atom stereocenters. The van der Waals surface area contributed by atoms with Gasteiger partial charge in [-0.15, -0.1) is 0 Å². The molecular formula is C8H14O. The molecule has 0 bridgehead atoms. The zero-order chi connectivity index (χ0) is 6.53. The molecular weight excluding hydrogens is 112 g/mol. The van der Waals surface area contributed by atoms with Crippen molar-refractivity contribution in [1.29, 1.82) is 0 Å². The average Bonchev–Trinajstić information content (AvgIpc) is 2.63. The number of hydrogen-bond acceptors (Lipinski definition) is 1. The van der Waals surface area contributed by atoms with Crippen LogP contribution in [-0.4, -0.2) is 12.7 Å². The van der Waals surface area contributed by atoms with Crippen molar-refractivity contribution >= 4 is 0 Å². The molecule has 0 saturated carbocycles. The van der Waals surface area contributed by atoms with E-state index in [0.717, 1.165) is 13.0 Å². The Bertz CT molecular complexity index is 92.7. The van der Waals surface area contributed by atoms with Gasteiger partial charge in [-0.05, 0) is 19.3 Å². The maximum absolute atomic E-state index is 5.05. The van der Waals surface area contributed by atoms with E-state index in [-0.39, 0.29) is 0 Å². The number of hydrogen-bond donors (Lipinski definition) is 0. The maximum Gasteiger partial charge on any atom is 0.0812 e. The van der Waals surface area contributed by atoms with Crippen LogP contribution < -0.4 is 0 Å². The topological polar surface area (TPSA) is 12.5 Å². The summed E-state index contributed by atoms with van der Waals surface area (Å²) in [6.45, 7) is 3.16. The summed E-state index contributed by atoms with van der Waals surface area (Å²) in [7, 11) is 0. The van der Waals surface area contributed by atoms with E-state index in [1.807, 2.05) is 0 Å². The van der Waals surface area contributed by atoms with Gasteiger partial charge in [0, 0.05) is 0 Å². The van der Waals surface area contributed by atoms with E-state index in [0.29, 0.717) is 6.10 Å². The minimum atomic E-state index is 0.603. The third-order valence-electron chi connectivity index (χ3n) is 1.46. The predicted molar refractivity (Wildman–Crippen MR) is 38.4 cm³/mol. The van der Waals surface area contributed by atoms with E-state index >= 15 is 0 Å². The van der Waals surface area contributed by atoms with Gasteiger partial charge in [0.1, 0.15) is 0 Å². The Morgan fingerprint density at radius 2 is 2.33 bits per heavy atom. The molecule has 0 aromatic rings. The van der Waals surface area contributed by atoms with Crippen molar-refractivity contribution in [3.05, 3.63) is 12.2 Å². The van der Waals surface area contributed by atoms with Crippen LogP contribution in [-0.2, 0) is 4.74 Å². The minimum absolute atomic E-state index is 0.603. The van der Waals surface area contributed by atoms with Crippen molar-refractivity contribution < 1.29 is 4.74 Å². The van der Waals surface area contributed by atoms with Crippen LogP contribution in [0.5, 0.6) is 0 Å². The summed E-state index contributed by atoms with van der Waals surface area (Å²) < 4.78 is 5.05. The van der Waals surface area contributed by atoms with Crippen molar-refractivity contribution in [2.45, 2.75) is 32.3 Å². The molecule has 0 amide bonds. The van der Waals surface area contributed by atoms with Gasteiger partial charge >= 0.3 is 0 Å². The zero-order valence-electron chi connectivity index (χ0n) is 5.97. The van der Waals surface area contributed by atoms with Crippen molar-refractivity contribution in [2.24, 2.45) is 0 Å². The molecule has 0 radical (unpaired) electrons. The van der Waals surface area contributed by atoms with E-state index < -0.39 is 0 Å². The van der Waals surface area contributed by atoms with Crippen LogP contribution in [0.1, 0.15) is 26.2 Å². The molecule has 1 nitrogen and oxygen atoms in total. The lowest BCUT2D eigenvalue weighted by molar-refractivity contribution is 0.398. The van der Waals surface area contributed by atoms with Crippen molar-refractivity contribution in [1.82, 2.24) is 0 Å². The monoisotopic (exact) mass is 126 g/mol. The van der Waals surface area contributed by atoms with Crippen LogP contribution in [0.4, 0.5) is 0 Å². The fraction of sp³-hybridized carbons (Fsp3) is 0.750. The third kappa shape index (κ3) is 3.31. The molecule has 0 aromatic heterocycles. The molecule has 0 aliphatic carbocycles. The first-order valence-electron chi connectivity index (χ1n) is 3.70. The molecule has 0 spiro atoms. The maximum atomic E-state index is 5.05. The lowest BCUT2D eigenvalue weighted by atomic mass is 10.2. The molecule has 1 aliphatic heterocycles. The number of rotatable bonds is 4. The lowest BCUT2D eigenvalue weighted by Gasteiger charge is -1.85. The molecule has 9 heavy (non-hydrogen) atoms. The summed E-state index contributed by atoms with van der Waals surface area (Å²) in [4.78, 5) is 0. The quantitative estimate of drug-likeness (QED) is 0.415. The summed E-state index contributed by atoms with van der Waals surface area (Å²) in [6, 6.07) is 0. The average molecular weight is 126 g/mol. The van der Waals surface area contributed by atoms with Crippen LogP contribution in [0.15, 0.2) is 12.2 Å². The smallest absolute Gasteiger partial charge is 0.0812 e. The van der Waals surface area contributed by atoms with Crippen molar-refractivity contribution in [3.63, 3.8) is 0 Å². The SMILES string of the molecule is CCC=CCCC1CO1. The first-order valence-corrected chi connectivity index (χ1v) is 3.70. The van der Waals surface area contributed by atoms with Crippen LogP contribution in [0.3, 0.4) is 0 Å². The molecule has 0 N–H and O–H groups in total. The van der Waals surface area contributed by atoms with Gasteiger partial charge < -0.3 is 4.74 Å². The van der Waals surface area contributed by atoms with Crippen LogP contribution >= 0.6 is 0 Å². The second-order valence-corrected chi connectivity index (χ2v) is 2.41. The Labute approximate surface area is 56.7 Å². The van der Waals surface area contributed by atoms with E-state index in [2.05, 4.69) is 19.1 Å². The number of epoxide rings is 1. The minimum Gasteiger partial charge on any atom is -0.373 e. The standard InChI is InChI=1S/C8H14O/c1-2-3-4-5-6-8-7-9-8/h3-4,8H,2,5-7H2,1H3. The van der Waals surface area contributed by atoms with Crippen LogP contribution in [0.2, 0.25) is 0 Å². The Morgan fingerprint density at radius 3 is 2.89 bits per heavy atom. The Morgan fingerprint density at radius 1 is 1.56 bits per heavy atom. The zero-order valence-corrected chi connectivity index (χ0v) is 5.97. The van der Waals surface area contributed by atoms with Gasteiger partial charge in [0.2, 0.25) is 0 Å². The highest BCUT2D eigenvalue weighted by Gasteiger charge is 2.20. The summed E-state index contributed by atoms with van der Waals surface area (Å²) >= 11 is 0. The molecule has 1 rings (SSSR count). The fourth-order valence-corrected chi connectivity index (χ4v) is 0.801. The largest absolute Gasteiger partial charge is 0.373 e. The van der Waals surface area contributed by atoms with E-state index in [1.54, 1.807) is 0 Å². The second kappa shape index (κ2) is 3.67. The Hall–Kier alpha value is -0.300. The van der Waals surface area contributed by atoms with Gasteiger partial charge in [0.15, 0.2) is 0 Å². The van der Waals surface area contributed by atoms with Gasteiger partial charge in [-0.2, -0.15) is 0 Å². The number of ether oxygens (including phenoxy) is 1. The van der Waals surface area contributed by atoms with Crippen molar-refractivity contribution in [3.8, 4) is 0 Å². The second-order valence-electron chi connectivity index (χ2n) is 2.41. The molecule has 1 heterocycles. The Kier molecular flexibility index (Phi) is 2.78. The molecule has 1 unspecified atom stereocenters. The fourth-order valence-electron chi connectivity index (χ4n) is 0.801. The van der Waals surface area contributed by atoms with Gasteiger partial charge in [0.05, 0.1) is 12.7 Å². The van der Waals surface area contributed by atoms with E-state index in [1.165, 1.54) is 12.8 Å². The highest BCUT2D eigenvalue weighted by atomic mass is 16.6. The number of allylic oxidation sites excluding steroid dienone is 2.